The molecule has 4 rings (SSSR count). The van der Waals surface area contributed by atoms with Crippen molar-refractivity contribution < 1.29 is 19.5 Å². The topological polar surface area (TPSA) is 81.2 Å². The first-order chi connectivity index (χ1) is 17.6. The van der Waals surface area contributed by atoms with E-state index in [1.807, 2.05) is 18.7 Å². The number of hydrogen-bond acceptors (Lipinski definition) is 5. The van der Waals surface area contributed by atoms with Gasteiger partial charge in [0.05, 0.1) is 29.2 Å². The van der Waals surface area contributed by atoms with Gasteiger partial charge in [-0.1, -0.05) is 45.3 Å². The normalized spacial score (nSPS) is 33.9. The van der Waals surface area contributed by atoms with Gasteiger partial charge in [0.25, 0.3) is 0 Å². The number of aliphatic hydroxyl groups excluding tert-OH is 1. The Labute approximate surface area is 226 Å². The predicted molar refractivity (Wildman–Crippen MR) is 148 cm³/mol. The zero-order valence-electron chi connectivity index (χ0n) is 23.0. The van der Waals surface area contributed by atoms with Gasteiger partial charge < -0.3 is 19.8 Å². The van der Waals surface area contributed by atoms with Gasteiger partial charge in [0.15, 0.2) is 0 Å². The summed E-state index contributed by atoms with van der Waals surface area (Å²) in [6.45, 7) is 14.4. The van der Waals surface area contributed by atoms with Gasteiger partial charge in [0.2, 0.25) is 17.7 Å². The third kappa shape index (κ3) is 4.46. The first-order valence-corrected chi connectivity index (χ1v) is 14.8. The Morgan fingerprint density at radius 1 is 1.14 bits per heavy atom. The average molecular weight is 532 g/mol. The minimum Gasteiger partial charge on any atom is -0.394 e. The summed E-state index contributed by atoms with van der Waals surface area (Å²) in [5, 5.41) is 10.5. The lowest BCUT2D eigenvalue weighted by atomic mass is 9.66. The van der Waals surface area contributed by atoms with Gasteiger partial charge in [-0.2, -0.15) is 0 Å². The molecule has 3 aliphatic heterocycles. The summed E-state index contributed by atoms with van der Waals surface area (Å²) >= 11 is 1.70. The SMILES string of the molecule is C=CCN(C)C(=O)[C@H]1[C@H]2C(=O)N([C@@H](CO)C(C)C)C(C(=O)N(CC=C)C3CCCCC3)C23CC[C@]1(C)S3. The molecule has 3 saturated heterocycles. The van der Waals surface area contributed by atoms with Crippen molar-refractivity contribution in [3.05, 3.63) is 25.3 Å². The second-order valence-corrected chi connectivity index (χ2v) is 13.9. The standard InChI is InChI=1S/C29H45N3O4S/c1-7-16-30(6)25(34)22-23-26(35)32(21(18-33)19(3)4)24(29(23)15-14-28(22,5)37-29)27(36)31(17-8-2)20-12-10-9-11-13-20/h7-8,19-24,33H,1-2,9-18H2,3-6H3/t21-,22+,23-,24?,28-,29?/m0/s1. The van der Waals surface area contributed by atoms with Crippen LogP contribution in [0.2, 0.25) is 0 Å². The van der Waals surface area contributed by atoms with E-state index < -0.39 is 33.4 Å². The summed E-state index contributed by atoms with van der Waals surface area (Å²) in [5.74, 6) is -1.34. The van der Waals surface area contributed by atoms with Crippen LogP contribution in [0.1, 0.15) is 65.7 Å². The lowest BCUT2D eigenvalue weighted by Crippen LogP contribution is -2.60. The molecule has 3 heterocycles. The highest BCUT2D eigenvalue weighted by Crippen LogP contribution is 2.72. The van der Waals surface area contributed by atoms with Crippen molar-refractivity contribution in [1.82, 2.24) is 14.7 Å². The van der Waals surface area contributed by atoms with Crippen LogP contribution in [0.15, 0.2) is 25.3 Å². The maximum atomic E-state index is 14.7. The Morgan fingerprint density at radius 2 is 1.78 bits per heavy atom. The molecule has 0 aromatic heterocycles. The second kappa shape index (κ2) is 10.8. The third-order valence-corrected chi connectivity index (χ3v) is 11.4. The first kappa shape index (κ1) is 28.2. The molecule has 4 fully saturated rings. The van der Waals surface area contributed by atoms with Crippen molar-refractivity contribution in [2.45, 2.75) is 93.3 Å². The molecule has 7 nitrogen and oxygen atoms in total. The number of fused-ring (bicyclic) bond motifs is 1. The molecule has 37 heavy (non-hydrogen) atoms. The van der Waals surface area contributed by atoms with E-state index in [-0.39, 0.29) is 36.3 Å². The fraction of sp³-hybridized carbons (Fsp3) is 0.759. The molecular weight excluding hydrogens is 486 g/mol. The molecule has 0 aromatic carbocycles. The number of amides is 3. The zero-order chi connectivity index (χ0) is 27.1. The van der Waals surface area contributed by atoms with Gasteiger partial charge in [-0.05, 0) is 38.5 Å². The van der Waals surface area contributed by atoms with Crippen LogP contribution in [0, 0.1) is 17.8 Å². The Kier molecular flexibility index (Phi) is 8.20. The number of likely N-dealkylation sites (tertiary alicyclic amines) is 1. The largest absolute Gasteiger partial charge is 0.394 e. The van der Waals surface area contributed by atoms with Crippen LogP contribution in [-0.4, -0.2) is 91.9 Å². The molecular formula is C29H45N3O4S. The van der Waals surface area contributed by atoms with Crippen molar-refractivity contribution in [1.29, 1.82) is 0 Å². The molecule has 1 saturated carbocycles. The number of thioether (sulfide) groups is 1. The summed E-state index contributed by atoms with van der Waals surface area (Å²) in [6.07, 6.45) is 10.3. The molecule has 6 atom stereocenters. The molecule has 1 aliphatic carbocycles. The summed E-state index contributed by atoms with van der Waals surface area (Å²) in [4.78, 5) is 48.2. The van der Waals surface area contributed by atoms with Crippen LogP contribution in [-0.2, 0) is 14.4 Å². The minimum atomic E-state index is -0.694. The van der Waals surface area contributed by atoms with E-state index in [0.717, 1.165) is 38.5 Å². The molecule has 1 N–H and O–H groups in total. The predicted octanol–water partition coefficient (Wildman–Crippen LogP) is 3.48. The van der Waals surface area contributed by atoms with E-state index in [9.17, 15) is 19.5 Å². The van der Waals surface area contributed by atoms with E-state index in [2.05, 4.69) is 20.1 Å². The number of rotatable bonds is 10. The Bertz CT molecular complexity index is 934. The minimum absolute atomic E-state index is 0.0302. The Morgan fingerprint density at radius 3 is 2.35 bits per heavy atom. The molecule has 3 amide bonds. The van der Waals surface area contributed by atoms with Crippen LogP contribution in [0.5, 0.6) is 0 Å². The lowest BCUT2D eigenvalue weighted by Gasteiger charge is -2.43. The summed E-state index contributed by atoms with van der Waals surface area (Å²) in [6, 6.07) is -1.04. The average Bonchev–Trinajstić information content (AvgIpc) is 3.44. The summed E-state index contributed by atoms with van der Waals surface area (Å²) in [5.41, 5.74) is 0. The Hall–Kier alpha value is -1.80. The Balaban J connectivity index is 1.81. The van der Waals surface area contributed by atoms with Crippen LogP contribution in [0.25, 0.3) is 0 Å². The number of carbonyl (C=O) groups is 3. The van der Waals surface area contributed by atoms with E-state index in [1.165, 1.54) is 6.42 Å². The molecule has 1 spiro atoms. The second-order valence-electron chi connectivity index (χ2n) is 12.0. The van der Waals surface area contributed by atoms with Gasteiger partial charge in [0.1, 0.15) is 6.04 Å². The van der Waals surface area contributed by atoms with Crippen LogP contribution < -0.4 is 0 Å². The van der Waals surface area contributed by atoms with E-state index in [1.54, 1.807) is 40.8 Å². The van der Waals surface area contributed by atoms with Crippen LogP contribution in [0.3, 0.4) is 0 Å². The van der Waals surface area contributed by atoms with E-state index in [4.69, 9.17) is 0 Å². The number of nitrogens with zero attached hydrogens (tertiary/aromatic N) is 3. The highest BCUT2D eigenvalue weighted by Gasteiger charge is 2.78. The van der Waals surface area contributed by atoms with Crippen molar-refractivity contribution in [3.8, 4) is 0 Å². The number of carbonyl (C=O) groups excluding carboxylic acids is 3. The first-order valence-electron chi connectivity index (χ1n) is 14.0. The van der Waals surface area contributed by atoms with Crippen molar-refractivity contribution in [2.75, 3.05) is 26.7 Å². The van der Waals surface area contributed by atoms with Crippen LogP contribution in [0.4, 0.5) is 0 Å². The molecule has 0 aromatic rings. The fourth-order valence-corrected chi connectivity index (χ4v) is 9.96. The fourth-order valence-electron chi connectivity index (χ4n) is 7.63. The van der Waals surface area contributed by atoms with Gasteiger partial charge in [-0.15, -0.1) is 24.9 Å². The maximum absolute atomic E-state index is 14.7. The molecule has 2 bridgehead atoms. The molecule has 4 aliphatic rings. The maximum Gasteiger partial charge on any atom is 0.247 e. The van der Waals surface area contributed by atoms with Crippen molar-refractivity contribution in [2.24, 2.45) is 17.8 Å². The van der Waals surface area contributed by atoms with Crippen LogP contribution >= 0.6 is 11.8 Å². The van der Waals surface area contributed by atoms with E-state index in [0.29, 0.717) is 13.1 Å². The van der Waals surface area contributed by atoms with E-state index >= 15 is 0 Å². The highest BCUT2D eigenvalue weighted by atomic mass is 32.2. The number of likely N-dealkylation sites (N-methyl/N-ethyl adjacent to an activating group) is 1. The molecule has 206 valence electrons. The lowest BCUT2D eigenvalue weighted by molar-refractivity contribution is -0.149. The van der Waals surface area contributed by atoms with Gasteiger partial charge in [0, 0.05) is 30.9 Å². The smallest absolute Gasteiger partial charge is 0.247 e. The molecule has 2 unspecified atom stereocenters. The zero-order valence-corrected chi connectivity index (χ0v) is 23.8. The highest BCUT2D eigenvalue weighted by molar-refractivity contribution is 8.02. The van der Waals surface area contributed by atoms with Gasteiger partial charge in [-0.3, -0.25) is 14.4 Å². The number of hydrogen-bond donors (Lipinski definition) is 1. The molecule has 0 radical (unpaired) electrons. The number of aliphatic hydroxyl groups is 1. The van der Waals surface area contributed by atoms with Crippen molar-refractivity contribution >= 4 is 29.5 Å². The van der Waals surface area contributed by atoms with Crippen molar-refractivity contribution in [3.63, 3.8) is 0 Å². The summed E-state index contributed by atoms with van der Waals surface area (Å²) < 4.78 is -1.08. The third-order valence-electron chi connectivity index (χ3n) is 9.43. The quantitative estimate of drug-likeness (QED) is 0.437. The molecule has 8 heteroatoms. The summed E-state index contributed by atoms with van der Waals surface area (Å²) in [7, 11) is 1.76. The monoisotopic (exact) mass is 531 g/mol. The van der Waals surface area contributed by atoms with Gasteiger partial charge in [-0.25, -0.2) is 0 Å². The van der Waals surface area contributed by atoms with Gasteiger partial charge >= 0.3 is 0 Å².